The average Bonchev–Trinajstić information content (AvgIpc) is 3.35. The monoisotopic (exact) mass is 482 g/mol. The molecule has 0 bridgehead atoms. The van der Waals surface area contributed by atoms with E-state index in [1.165, 1.54) is 0 Å². The van der Waals surface area contributed by atoms with Gasteiger partial charge in [0.25, 0.3) is 0 Å². The van der Waals surface area contributed by atoms with E-state index in [4.69, 9.17) is 9.72 Å². The molecule has 2 aromatic carbocycles. The van der Waals surface area contributed by atoms with Crippen LogP contribution in [0.3, 0.4) is 0 Å². The van der Waals surface area contributed by atoms with E-state index in [2.05, 4.69) is 15.9 Å². The number of carbonyl (C=O) groups excluding carboxylic acids is 2. The van der Waals surface area contributed by atoms with Crippen molar-refractivity contribution < 1.29 is 14.3 Å². The van der Waals surface area contributed by atoms with Crippen LogP contribution in [0.4, 0.5) is 5.69 Å². The van der Waals surface area contributed by atoms with Gasteiger partial charge in [0, 0.05) is 36.4 Å². The van der Waals surface area contributed by atoms with Crippen molar-refractivity contribution in [3.05, 3.63) is 58.8 Å². The standard InChI is InChI=1S/C23H23BrN4O3/c24-17-5-1-3-7-19(17)27-14-16(13-21(27)29)23-25-18-6-2-4-8-20(18)28(23)15-22(30)26-9-11-31-12-10-26/h1-8,16H,9-15H2. The van der Waals surface area contributed by atoms with Crippen molar-refractivity contribution in [3.63, 3.8) is 0 Å². The summed E-state index contributed by atoms with van der Waals surface area (Å²) in [5.41, 5.74) is 2.63. The van der Waals surface area contributed by atoms with Crippen LogP contribution in [0.5, 0.6) is 0 Å². The minimum absolute atomic E-state index is 0.0553. The first-order valence-electron chi connectivity index (χ1n) is 10.5. The number of imidazole rings is 1. The number of hydrogen-bond acceptors (Lipinski definition) is 4. The lowest BCUT2D eigenvalue weighted by Crippen LogP contribution is -2.42. The highest BCUT2D eigenvalue weighted by atomic mass is 79.9. The second-order valence-corrected chi connectivity index (χ2v) is 8.75. The zero-order valence-electron chi connectivity index (χ0n) is 17.0. The number of hydrogen-bond donors (Lipinski definition) is 0. The molecule has 2 aliphatic heterocycles. The van der Waals surface area contributed by atoms with Crippen molar-refractivity contribution in [2.75, 3.05) is 37.7 Å². The Morgan fingerprint density at radius 2 is 1.84 bits per heavy atom. The largest absolute Gasteiger partial charge is 0.378 e. The Kier molecular flexibility index (Phi) is 5.50. The normalized spacial score (nSPS) is 19.4. The summed E-state index contributed by atoms with van der Waals surface area (Å²) in [7, 11) is 0. The van der Waals surface area contributed by atoms with E-state index in [1.54, 1.807) is 0 Å². The SMILES string of the molecule is O=C(Cn1c(C2CC(=O)N(c3ccccc3Br)C2)nc2ccccc21)N1CCOCC1. The van der Waals surface area contributed by atoms with E-state index in [1.807, 2.05) is 62.9 Å². The molecule has 0 radical (unpaired) electrons. The van der Waals surface area contributed by atoms with E-state index in [-0.39, 0.29) is 24.3 Å². The van der Waals surface area contributed by atoms with Gasteiger partial charge in [-0.15, -0.1) is 0 Å². The molecule has 5 rings (SSSR count). The third-order valence-electron chi connectivity index (χ3n) is 5.97. The maximum atomic E-state index is 13.0. The van der Waals surface area contributed by atoms with Crippen LogP contribution in [0.2, 0.25) is 0 Å². The number of halogens is 1. The van der Waals surface area contributed by atoms with Crippen LogP contribution in [-0.4, -0.2) is 59.1 Å². The zero-order chi connectivity index (χ0) is 21.4. The molecule has 3 aromatic rings. The smallest absolute Gasteiger partial charge is 0.242 e. The molecular weight excluding hydrogens is 460 g/mol. The molecule has 0 spiro atoms. The summed E-state index contributed by atoms with van der Waals surface area (Å²) in [5, 5.41) is 0. The third kappa shape index (κ3) is 3.85. The number of benzene rings is 2. The fourth-order valence-electron chi connectivity index (χ4n) is 4.40. The highest BCUT2D eigenvalue weighted by molar-refractivity contribution is 9.10. The first-order chi connectivity index (χ1) is 15.1. The van der Waals surface area contributed by atoms with Crippen LogP contribution in [0, 0.1) is 0 Å². The van der Waals surface area contributed by atoms with Crippen LogP contribution < -0.4 is 4.90 Å². The lowest BCUT2D eigenvalue weighted by Gasteiger charge is -2.27. The number of para-hydroxylation sites is 3. The third-order valence-corrected chi connectivity index (χ3v) is 6.65. The molecule has 3 heterocycles. The summed E-state index contributed by atoms with van der Waals surface area (Å²) in [6.07, 6.45) is 0.371. The minimum atomic E-state index is -0.0792. The van der Waals surface area contributed by atoms with Gasteiger partial charge in [0.2, 0.25) is 11.8 Å². The Morgan fingerprint density at radius 3 is 2.65 bits per heavy atom. The second-order valence-electron chi connectivity index (χ2n) is 7.89. The predicted molar refractivity (Wildman–Crippen MR) is 121 cm³/mol. The summed E-state index contributed by atoms with van der Waals surface area (Å²) < 4.78 is 8.26. The molecule has 2 fully saturated rings. The van der Waals surface area contributed by atoms with Crippen LogP contribution >= 0.6 is 15.9 Å². The van der Waals surface area contributed by atoms with Gasteiger partial charge in [0.1, 0.15) is 12.4 Å². The Bertz CT molecular complexity index is 1140. The number of fused-ring (bicyclic) bond motifs is 1. The summed E-state index contributed by atoms with van der Waals surface area (Å²) in [5.74, 6) is 0.838. The summed E-state index contributed by atoms with van der Waals surface area (Å²) in [6, 6.07) is 15.6. The van der Waals surface area contributed by atoms with E-state index < -0.39 is 0 Å². The van der Waals surface area contributed by atoms with Crippen LogP contribution in [-0.2, 0) is 20.9 Å². The highest BCUT2D eigenvalue weighted by Gasteiger charge is 2.36. The number of anilines is 1. The molecule has 1 atom stereocenters. The molecule has 160 valence electrons. The molecule has 2 aliphatic rings. The average molecular weight is 483 g/mol. The van der Waals surface area contributed by atoms with Gasteiger partial charge in [0.15, 0.2) is 0 Å². The molecule has 2 amide bonds. The zero-order valence-corrected chi connectivity index (χ0v) is 18.6. The van der Waals surface area contributed by atoms with Crippen LogP contribution in [0.15, 0.2) is 53.0 Å². The lowest BCUT2D eigenvalue weighted by molar-refractivity contribution is -0.135. The number of morpholine rings is 1. The highest BCUT2D eigenvalue weighted by Crippen LogP contribution is 2.36. The van der Waals surface area contributed by atoms with Gasteiger partial charge in [-0.25, -0.2) is 4.98 Å². The van der Waals surface area contributed by atoms with Crippen molar-refractivity contribution in [2.45, 2.75) is 18.9 Å². The van der Waals surface area contributed by atoms with Crippen molar-refractivity contribution in [3.8, 4) is 0 Å². The van der Waals surface area contributed by atoms with Crippen molar-refractivity contribution in [1.82, 2.24) is 14.5 Å². The molecule has 31 heavy (non-hydrogen) atoms. The molecule has 0 aliphatic carbocycles. The minimum Gasteiger partial charge on any atom is -0.378 e. The quantitative estimate of drug-likeness (QED) is 0.572. The fraction of sp³-hybridized carbons (Fsp3) is 0.348. The van der Waals surface area contributed by atoms with Crippen LogP contribution in [0.25, 0.3) is 11.0 Å². The summed E-state index contributed by atoms with van der Waals surface area (Å²) in [6.45, 7) is 3.12. The second kappa shape index (κ2) is 8.43. The number of rotatable bonds is 4. The van der Waals surface area contributed by atoms with Gasteiger partial charge < -0.3 is 19.1 Å². The summed E-state index contributed by atoms with van der Waals surface area (Å²) in [4.78, 5) is 34.4. The molecule has 8 heteroatoms. The number of carbonyl (C=O) groups is 2. The topological polar surface area (TPSA) is 67.7 Å². The van der Waals surface area contributed by atoms with Gasteiger partial charge >= 0.3 is 0 Å². The first-order valence-corrected chi connectivity index (χ1v) is 11.3. The Hall–Kier alpha value is -2.71. The number of aromatic nitrogens is 2. The molecule has 0 N–H and O–H groups in total. The number of ether oxygens (including phenoxy) is 1. The summed E-state index contributed by atoms with van der Waals surface area (Å²) >= 11 is 3.55. The van der Waals surface area contributed by atoms with E-state index >= 15 is 0 Å². The van der Waals surface area contributed by atoms with E-state index in [0.29, 0.717) is 39.3 Å². The Balaban J connectivity index is 1.47. The molecule has 1 unspecified atom stereocenters. The van der Waals surface area contributed by atoms with E-state index in [9.17, 15) is 9.59 Å². The van der Waals surface area contributed by atoms with Gasteiger partial charge in [0.05, 0.1) is 29.9 Å². The maximum absolute atomic E-state index is 13.0. The number of amides is 2. The van der Waals surface area contributed by atoms with Crippen molar-refractivity contribution in [2.24, 2.45) is 0 Å². The van der Waals surface area contributed by atoms with Gasteiger partial charge in [-0.2, -0.15) is 0 Å². The van der Waals surface area contributed by atoms with Crippen LogP contribution in [0.1, 0.15) is 18.2 Å². The Morgan fingerprint density at radius 1 is 1.10 bits per heavy atom. The lowest BCUT2D eigenvalue weighted by atomic mass is 10.1. The van der Waals surface area contributed by atoms with Gasteiger partial charge in [-0.1, -0.05) is 24.3 Å². The maximum Gasteiger partial charge on any atom is 0.242 e. The number of nitrogens with zero attached hydrogens (tertiary/aromatic N) is 4. The fourth-order valence-corrected chi connectivity index (χ4v) is 4.90. The molecule has 7 nitrogen and oxygen atoms in total. The first kappa shape index (κ1) is 20.2. The predicted octanol–water partition coefficient (Wildman–Crippen LogP) is 3.18. The molecule has 2 saturated heterocycles. The molecule has 1 aromatic heterocycles. The van der Waals surface area contributed by atoms with Crippen molar-refractivity contribution >= 4 is 44.5 Å². The van der Waals surface area contributed by atoms with Gasteiger partial charge in [-0.3, -0.25) is 9.59 Å². The Labute approximate surface area is 188 Å². The molecule has 0 saturated carbocycles. The van der Waals surface area contributed by atoms with Crippen molar-refractivity contribution in [1.29, 1.82) is 0 Å². The molecular formula is C23H23BrN4O3. The van der Waals surface area contributed by atoms with Gasteiger partial charge in [-0.05, 0) is 40.2 Å². The van der Waals surface area contributed by atoms with E-state index in [0.717, 1.165) is 27.0 Å².